The van der Waals surface area contributed by atoms with Crippen molar-refractivity contribution >= 4 is 5.91 Å². The van der Waals surface area contributed by atoms with E-state index in [9.17, 15) is 9.59 Å². The van der Waals surface area contributed by atoms with Crippen LogP contribution in [0.15, 0.2) is 11.0 Å². The van der Waals surface area contributed by atoms with E-state index in [4.69, 9.17) is 0 Å². The molecule has 3 heterocycles. The molecule has 0 spiro atoms. The summed E-state index contributed by atoms with van der Waals surface area (Å²) in [5.41, 5.74) is 0.0289. The lowest BCUT2D eigenvalue weighted by atomic mass is 10.1. The van der Waals surface area contributed by atoms with Crippen molar-refractivity contribution in [2.75, 3.05) is 19.6 Å². The van der Waals surface area contributed by atoms with Crippen molar-refractivity contribution in [1.29, 1.82) is 0 Å². The maximum Gasteiger partial charge on any atom is 0.323 e. The van der Waals surface area contributed by atoms with Crippen LogP contribution in [0.2, 0.25) is 0 Å². The standard InChI is InChI=1S/C10H14N4O2/c15-9(7-4-12-10(16)13-7)14-2-1-6-3-11-5-8(6)14/h4,6,8,11H,1-3,5H2,(H2,12,13,16)/t6-,8+/m0/s1. The van der Waals surface area contributed by atoms with Gasteiger partial charge in [0.15, 0.2) is 0 Å². The quantitative estimate of drug-likeness (QED) is 0.578. The fourth-order valence-corrected chi connectivity index (χ4v) is 2.70. The number of likely N-dealkylation sites (tertiary alicyclic amines) is 1. The van der Waals surface area contributed by atoms with Gasteiger partial charge in [-0.1, -0.05) is 0 Å². The molecule has 6 heteroatoms. The number of H-pyrrole nitrogens is 2. The number of fused-ring (bicyclic) bond motifs is 1. The third-order valence-electron chi connectivity index (χ3n) is 3.53. The maximum atomic E-state index is 12.1. The minimum atomic E-state index is -0.330. The van der Waals surface area contributed by atoms with Crippen molar-refractivity contribution in [3.8, 4) is 0 Å². The molecule has 2 aliphatic heterocycles. The molecule has 6 nitrogen and oxygen atoms in total. The van der Waals surface area contributed by atoms with Crippen LogP contribution in [-0.4, -0.2) is 46.5 Å². The first-order chi connectivity index (χ1) is 7.75. The van der Waals surface area contributed by atoms with E-state index in [1.807, 2.05) is 4.90 Å². The van der Waals surface area contributed by atoms with Gasteiger partial charge < -0.3 is 20.2 Å². The van der Waals surface area contributed by atoms with Crippen LogP contribution in [0.3, 0.4) is 0 Å². The minimum Gasteiger partial charge on any atom is -0.333 e. The van der Waals surface area contributed by atoms with Crippen LogP contribution in [0.4, 0.5) is 0 Å². The first-order valence-corrected chi connectivity index (χ1v) is 5.55. The molecule has 3 rings (SSSR count). The van der Waals surface area contributed by atoms with Gasteiger partial charge in [-0.25, -0.2) is 4.79 Å². The van der Waals surface area contributed by atoms with Gasteiger partial charge in [0.25, 0.3) is 5.91 Å². The number of amides is 1. The summed E-state index contributed by atoms with van der Waals surface area (Å²) in [6.45, 7) is 2.66. The summed E-state index contributed by atoms with van der Waals surface area (Å²) in [6.07, 6.45) is 2.50. The zero-order valence-electron chi connectivity index (χ0n) is 8.82. The predicted octanol–water partition coefficient (Wildman–Crippen LogP) is -0.863. The molecule has 0 bridgehead atoms. The highest BCUT2D eigenvalue weighted by Crippen LogP contribution is 2.27. The smallest absolute Gasteiger partial charge is 0.323 e. The van der Waals surface area contributed by atoms with E-state index < -0.39 is 0 Å². The Kier molecular flexibility index (Phi) is 2.10. The zero-order valence-corrected chi connectivity index (χ0v) is 8.82. The third kappa shape index (κ3) is 1.37. The molecular weight excluding hydrogens is 208 g/mol. The summed E-state index contributed by atoms with van der Waals surface area (Å²) in [5.74, 6) is 0.504. The van der Waals surface area contributed by atoms with Crippen LogP contribution < -0.4 is 11.0 Å². The topological polar surface area (TPSA) is 81.0 Å². The minimum absolute atomic E-state index is 0.0745. The average molecular weight is 222 g/mol. The first kappa shape index (κ1) is 9.65. The molecule has 2 atom stereocenters. The number of nitrogens with one attached hydrogen (secondary N) is 3. The molecule has 0 unspecified atom stereocenters. The molecule has 2 saturated heterocycles. The van der Waals surface area contributed by atoms with E-state index >= 15 is 0 Å². The predicted molar refractivity (Wildman–Crippen MR) is 57.2 cm³/mol. The molecule has 0 radical (unpaired) electrons. The van der Waals surface area contributed by atoms with E-state index in [1.54, 1.807) is 0 Å². The molecule has 1 aromatic heterocycles. The molecule has 86 valence electrons. The van der Waals surface area contributed by atoms with Gasteiger partial charge in [-0.15, -0.1) is 0 Å². The summed E-state index contributed by atoms with van der Waals surface area (Å²) < 4.78 is 0. The van der Waals surface area contributed by atoms with Crippen molar-refractivity contribution in [3.63, 3.8) is 0 Å². The lowest BCUT2D eigenvalue weighted by molar-refractivity contribution is 0.0731. The first-order valence-electron chi connectivity index (χ1n) is 5.55. The van der Waals surface area contributed by atoms with Gasteiger partial charge in [0.2, 0.25) is 0 Å². The second-order valence-electron chi connectivity index (χ2n) is 4.43. The van der Waals surface area contributed by atoms with E-state index in [0.29, 0.717) is 17.7 Å². The van der Waals surface area contributed by atoms with Crippen molar-refractivity contribution in [1.82, 2.24) is 20.2 Å². The molecule has 16 heavy (non-hydrogen) atoms. The van der Waals surface area contributed by atoms with E-state index in [2.05, 4.69) is 15.3 Å². The van der Waals surface area contributed by atoms with Crippen molar-refractivity contribution in [2.45, 2.75) is 12.5 Å². The largest absolute Gasteiger partial charge is 0.333 e. The van der Waals surface area contributed by atoms with Gasteiger partial charge in [0, 0.05) is 31.9 Å². The fraction of sp³-hybridized carbons (Fsp3) is 0.600. The van der Waals surface area contributed by atoms with Gasteiger partial charge in [0.05, 0.1) is 0 Å². The summed E-state index contributed by atoms with van der Waals surface area (Å²) in [7, 11) is 0. The number of imidazole rings is 1. The molecule has 2 fully saturated rings. The molecule has 0 aromatic carbocycles. The number of nitrogens with zero attached hydrogens (tertiary/aromatic N) is 1. The molecule has 3 N–H and O–H groups in total. The summed E-state index contributed by atoms with van der Waals surface area (Å²) in [6, 6.07) is 0.297. The van der Waals surface area contributed by atoms with Crippen molar-refractivity contribution in [2.24, 2.45) is 5.92 Å². The SMILES string of the molecule is O=C(c1c[nH]c(=O)[nH]1)N1CC[C@H]2CNC[C@H]21. The Morgan fingerprint density at radius 3 is 3.06 bits per heavy atom. The van der Waals surface area contributed by atoms with Crippen LogP contribution in [0.1, 0.15) is 16.9 Å². The van der Waals surface area contributed by atoms with E-state index in [0.717, 1.165) is 26.1 Å². The number of carbonyl (C=O) groups is 1. The van der Waals surface area contributed by atoms with Crippen LogP contribution in [0.5, 0.6) is 0 Å². The number of hydrogen-bond donors (Lipinski definition) is 3. The monoisotopic (exact) mass is 222 g/mol. The second-order valence-corrected chi connectivity index (χ2v) is 4.43. The lowest BCUT2D eigenvalue weighted by Gasteiger charge is -2.22. The Balaban J connectivity index is 1.83. The molecule has 1 amide bonds. The number of hydrogen-bond acceptors (Lipinski definition) is 3. The van der Waals surface area contributed by atoms with Crippen molar-refractivity contribution < 1.29 is 4.79 Å². The summed E-state index contributed by atoms with van der Waals surface area (Å²) >= 11 is 0. The zero-order chi connectivity index (χ0) is 11.1. The molecule has 2 aliphatic rings. The van der Waals surface area contributed by atoms with E-state index in [-0.39, 0.29) is 11.6 Å². The molecule has 1 aromatic rings. The van der Waals surface area contributed by atoms with Crippen LogP contribution in [0, 0.1) is 5.92 Å². The number of carbonyl (C=O) groups excluding carboxylic acids is 1. The van der Waals surface area contributed by atoms with Gasteiger partial charge in [-0.05, 0) is 12.3 Å². The Labute approximate surface area is 92.0 Å². The second kappa shape index (κ2) is 3.48. The highest BCUT2D eigenvalue weighted by atomic mass is 16.2. The van der Waals surface area contributed by atoms with Crippen LogP contribution in [0.25, 0.3) is 0 Å². The summed E-state index contributed by atoms with van der Waals surface area (Å²) in [4.78, 5) is 29.9. The molecule has 0 aliphatic carbocycles. The van der Waals surface area contributed by atoms with Crippen LogP contribution >= 0.6 is 0 Å². The number of aromatic nitrogens is 2. The molecular formula is C10H14N4O2. The highest BCUT2D eigenvalue weighted by molar-refractivity contribution is 5.92. The van der Waals surface area contributed by atoms with Gasteiger partial charge >= 0.3 is 5.69 Å². The summed E-state index contributed by atoms with van der Waals surface area (Å²) in [5, 5.41) is 3.29. The van der Waals surface area contributed by atoms with Crippen LogP contribution in [-0.2, 0) is 0 Å². The highest BCUT2D eigenvalue weighted by Gasteiger charge is 2.40. The fourth-order valence-electron chi connectivity index (χ4n) is 2.70. The Morgan fingerprint density at radius 2 is 2.31 bits per heavy atom. The maximum absolute atomic E-state index is 12.1. The molecule has 0 saturated carbocycles. The number of aromatic amines is 2. The van der Waals surface area contributed by atoms with Gasteiger partial charge in [-0.3, -0.25) is 4.79 Å². The normalized spacial score (nSPS) is 28.4. The van der Waals surface area contributed by atoms with Crippen molar-refractivity contribution in [3.05, 3.63) is 22.4 Å². The van der Waals surface area contributed by atoms with Gasteiger partial charge in [0.1, 0.15) is 5.69 Å². The Morgan fingerprint density at radius 1 is 1.44 bits per heavy atom. The lowest BCUT2D eigenvalue weighted by Crippen LogP contribution is -2.39. The Bertz CT molecular complexity index is 463. The average Bonchev–Trinajstić information content (AvgIpc) is 2.90. The van der Waals surface area contributed by atoms with Gasteiger partial charge in [-0.2, -0.15) is 0 Å². The van der Waals surface area contributed by atoms with E-state index in [1.165, 1.54) is 6.20 Å². The number of rotatable bonds is 1. The third-order valence-corrected chi connectivity index (χ3v) is 3.53. The Hall–Kier alpha value is -1.56.